The van der Waals surface area contributed by atoms with Crippen LogP contribution < -0.4 is 10.9 Å². The van der Waals surface area contributed by atoms with Crippen molar-refractivity contribution in [3.63, 3.8) is 0 Å². The van der Waals surface area contributed by atoms with E-state index >= 15 is 0 Å². The summed E-state index contributed by atoms with van der Waals surface area (Å²) in [4.78, 5) is 15.1. The number of nitrogens with one attached hydrogen (secondary N) is 2. The SMILES string of the molecule is O=C(C1CCCC2CNNC21)N1CCCN(S(=O)(=O)c2ccc(F)cc2)CC1. The van der Waals surface area contributed by atoms with Crippen molar-refractivity contribution in [1.82, 2.24) is 20.1 Å². The quantitative estimate of drug-likeness (QED) is 0.775. The van der Waals surface area contributed by atoms with Crippen LogP contribution in [0.4, 0.5) is 4.39 Å². The molecule has 1 saturated carbocycles. The molecule has 1 aromatic rings. The molecule has 3 unspecified atom stereocenters. The van der Waals surface area contributed by atoms with Crippen LogP contribution in [0, 0.1) is 17.7 Å². The normalized spacial score (nSPS) is 29.3. The highest BCUT2D eigenvalue weighted by atomic mass is 32.2. The first-order valence-corrected chi connectivity index (χ1v) is 11.4. The standard InChI is InChI=1S/C19H27FN4O3S/c20-15-5-7-16(8-6-15)28(26,27)24-10-2-9-23(11-12-24)19(25)17-4-1-3-14-13-21-22-18(14)17/h5-8,14,17-18,21-22H,1-4,9-13H2. The molecule has 2 N–H and O–H groups in total. The first kappa shape index (κ1) is 19.8. The molecule has 0 radical (unpaired) electrons. The Morgan fingerprint density at radius 3 is 2.61 bits per heavy atom. The van der Waals surface area contributed by atoms with Gasteiger partial charge in [-0.1, -0.05) is 6.42 Å². The Morgan fingerprint density at radius 1 is 1.04 bits per heavy atom. The summed E-state index contributed by atoms with van der Waals surface area (Å²) >= 11 is 0. The van der Waals surface area contributed by atoms with Gasteiger partial charge in [-0.05, 0) is 49.4 Å². The molecule has 2 heterocycles. The summed E-state index contributed by atoms with van der Waals surface area (Å²) in [6.45, 7) is 2.48. The lowest BCUT2D eigenvalue weighted by molar-refractivity contribution is -0.137. The minimum Gasteiger partial charge on any atom is -0.341 e. The fourth-order valence-electron chi connectivity index (χ4n) is 4.66. The number of sulfonamides is 1. The van der Waals surface area contributed by atoms with Crippen molar-refractivity contribution in [3.05, 3.63) is 30.1 Å². The van der Waals surface area contributed by atoms with Crippen LogP contribution >= 0.6 is 0 Å². The summed E-state index contributed by atoms with van der Waals surface area (Å²) in [5.74, 6) is 0.110. The van der Waals surface area contributed by atoms with E-state index in [-0.39, 0.29) is 29.3 Å². The van der Waals surface area contributed by atoms with Crippen LogP contribution in [0.3, 0.4) is 0 Å². The van der Waals surface area contributed by atoms with Gasteiger partial charge in [0, 0.05) is 38.8 Å². The molecule has 28 heavy (non-hydrogen) atoms. The van der Waals surface area contributed by atoms with E-state index in [4.69, 9.17) is 0 Å². The Labute approximate surface area is 165 Å². The number of fused-ring (bicyclic) bond motifs is 1. The highest BCUT2D eigenvalue weighted by Crippen LogP contribution is 2.32. The molecule has 3 fully saturated rings. The Hall–Kier alpha value is -1.55. The van der Waals surface area contributed by atoms with Crippen LogP contribution in [-0.2, 0) is 14.8 Å². The molecule has 2 saturated heterocycles. The van der Waals surface area contributed by atoms with E-state index in [1.165, 1.54) is 16.4 Å². The van der Waals surface area contributed by atoms with Crippen LogP contribution in [0.5, 0.6) is 0 Å². The maximum Gasteiger partial charge on any atom is 0.243 e. The van der Waals surface area contributed by atoms with Crippen molar-refractivity contribution in [1.29, 1.82) is 0 Å². The fraction of sp³-hybridized carbons (Fsp3) is 0.632. The average molecular weight is 411 g/mol. The van der Waals surface area contributed by atoms with Crippen LogP contribution in [0.1, 0.15) is 25.7 Å². The third-order valence-corrected chi connectivity index (χ3v) is 8.11. The van der Waals surface area contributed by atoms with Crippen LogP contribution in [0.2, 0.25) is 0 Å². The second kappa shape index (κ2) is 8.06. The van der Waals surface area contributed by atoms with Gasteiger partial charge in [0.1, 0.15) is 5.82 Å². The molecule has 9 heteroatoms. The molecule has 1 aliphatic carbocycles. The summed E-state index contributed by atoms with van der Waals surface area (Å²) in [5.41, 5.74) is 6.45. The van der Waals surface area contributed by atoms with Crippen LogP contribution in [0.15, 0.2) is 29.2 Å². The number of benzene rings is 1. The van der Waals surface area contributed by atoms with E-state index in [2.05, 4.69) is 10.9 Å². The molecule has 2 aliphatic heterocycles. The van der Waals surface area contributed by atoms with Gasteiger partial charge in [0.05, 0.1) is 10.8 Å². The zero-order chi connectivity index (χ0) is 19.7. The summed E-state index contributed by atoms with van der Waals surface area (Å²) in [6.07, 6.45) is 3.67. The van der Waals surface area contributed by atoms with Crippen molar-refractivity contribution in [2.75, 3.05) is 32.7 Å². The molecule has 7 nitrogen and oxygen atoms in total. The summed E-state index contributed by atoms with van der Waals surface area (Å²) in [6, 6.07) is 5.06. The molecule has 4 rings (SSSR count). The first-order chi connectivity index (χ1) is 13.5. The maximum atomic E-state index is 13.2. The number of carbonyl (C=O) groups is 1. The van der Waals surface area contributed by atoms with E-state index < -0.39 is 15.8 Å². The third-order valence-electron chi connectivity index (χ3n) is 6.20. The smallest absolute Gasteiger partial charge is 0.243 e. The van der Waals surface area contributed by atoms with E-state index in [1.54, 1.807) is 0 Å². The summed E-state index contributed by atoms with van der Waals surface area (Å²) < 4.78 is 40.3. The average Bonchev–Trinajstić information content (AvgIpc) is 3.03. The number of amides is 1. The van der Waals surface area contributed by atoms with Gasteiger partial charge < -0.3 is 4.90 Å². The predicted octanol–water partition coefficient (Wildman–Crippen LogP) is 0.941. The second-order valence-corrected chi connectivity index (χ2v) is 9.82. The molecule has 3 aliphatic rings. The summed E-state index contributed by atoms with van der Waals surface area (Å²) in [5, 5.41) is 0. The molecule has 1 amide bonds. The molecule has 0 spiro atoms. The number of hydrazine groups is 1. The van der Waals surface area contributed by atoms with Crippen molar-refractivity contribution >= 4 is 15.9 Å². The van der Waals surface area contributed by atoms with E-state index in [1.807, 2.05) is 4.90 Å². The third kappa shape index (κ3) is 3.80. The largest absolute Gasteiger partial charge is 0.341 e. The molecular weight excluding hydrogens is 383 g/mol. The van der Waals surface area contributed by atoms with Gasteiger partial charge in [-0.15, -0.1) is 0 Å². The minimum atomic E-state index is -3.68. The Kier molecular flexibility index (Phi) is 5.69. The van der Waals surface area contributed by atoms with Crippen molar-refractivity contribution in [3.8, 4) is 0 Å². The predicted molar refractivity (Wildman–Crippen MR) is 102 cm³/mol. The number of hydrogen-bond donors (Lipinski definition) is 2. The van der Waals surface area contributed by atoms with Crippen molar-refractivity contribution in [2.24, 2.45) is 11.8 Å². The minimum absolute atomic E-state index is 0.0472. The zero-order valence-corrected chi connectivity index (χ0v) is 16.6. The van der Waals surface area contributed by atoms with Crippen molar-refractivity contribution < 1.29 is 17.6 Å². The molecule has 154 valence electrons. The van der Waals surface area contributed by atoms with Gasteiger partial charge in [0.15, 0.2) is 0 Å². The van der Waals surface area contributed by atoms with Crippen LogP contribution in [-0.4, -0.2) is 62.3 Å². The lowest BCUT2D eigenvalue weighted by atomic mass is 9.77. The number of nitrogens with zero attached hydrogens (tertiary/aromatic N) is 2. The number of carbonyl (C=O) groups excluding carboxylic acids is 1. The van der Waals surface area contributed by atoms with Gasteiger partial charge in [-0.2, -0.15) is 4.31 Å². The Bertz CT molecular complexity index is 817. The van der Waals surface area contributed by atoms with E-state index in [0.29, 0.717) is 32.0 Å². The molecule has 0 aromatic heterocycles. The summed E-state index contributed by atoms with van der Waals surface area (Å²) in [7, 11) is -3.68. The van der Waals surface area contributed by atoms with Gasteiger partial charge in [-0.25, -0.2) is 12.8 Å². The number of halogens is 1. The van der Waals surface area contributed by atoms with Gasteiger partial charge in [-0.3, -0.25) is 15.6 Å². The molecule has 3 atom stereocenters. The number of rotatable bonds is 3. The van der Waals surface area contributed by atoms with E-state index in [9.17, 15) is 17.6 Å². The van der Waals surface area contributed by atoms with Gasteiger partial charge in [0.2, 0.25) is 15.9 Å². The Morgan fingerprint density at radius 2 is 1.82 bits per heavy atom. The van der Waals surface area contributed by atoms with E-state index in [0.717, 1.165) is 37.9 Å². The zero-order valence-electron chi connectivity index (χ0n) is 15.8. The maximum absolute atomic E-state index is 13.2. The molecular formula is C19H27FN4O3S. The first-order valence-electron chi connectivity index (χ1n) is 10.00. The van der Waals surface area contributed by atoms with Crippen LogP contribution in [0.25, 0.3) is 0 Å². The topological polar surface area (TPSA) is 81.8 Å². The highest BCUT2D eigenvalue weighted by Gasteiger charge is 2.42. The Balaban J connectivity index is 1.43. The van der Waals surface area contributed by atoms with Gasteiger partial charge >= 0.3 is 0 Å². The molecule has 0 bridgehead atoms. The fourth-order valence-corrected chi connectivity index (χ4v) is 6.13. The lowest BCUT2D eigenvalue weighted by Crippen LogP contribution is -2.50. The van der Waals surface area contributed by atoms with Crippen molar-refractivity contribution in [2.45, 2.75) is 36.6 Å². The number of hydrogen-bond acceptors (Lipinski definition) is 5. The highest BCUT2D eigenvalue weighted by molar-refractivity contribution is 7.89. The monoisotopic (exact) mass is 410 g/mol. The second-order valence-electron chi connectivity index (χ2n) is 7.89. The van der Waals surface area contributed by atoms with Gasteiger partial charge in [0.25, 0.3) is 0 Å². The lowest BCUT2D eigenvalue weighted by Gasteiger charge is -2.35. The molecule has 1 aromatic carbocycles.